The average molecular weight is 418 g/mol. The van der Waals surface area contributed by atoms with Crippen molar-refractivity contribution in [3.63, 3.8) is 0 Å². The molecule has 1 aromatic heterocycles. The molecule has 8 heteroatoms. The summed E-state index contributed by atoms with van der Waals surface area (Å²) in [5.74, 6) is -0.276. The second-order valence-electron chi connectivity index (χ2n) is 7.02. The van der Waals surface area contributed by atoms with E-state index in [0.29, 0.717) is 22.5 Å². The maximum absolute atomic E-state index is 12.6. The van der Waals surface area contributed by atoms with Crippen LogP contribution in [0, 0.1) is 0 Å². The Bertz CT molecular complexity index is 1410. The van der Waals surface area contributed by atoms with Gasteiger partial charge < -0.3 is 5.32 Å². The van der Waals surface area contributed by atoms with Gasteiger partial charge >= 0.3 is 0 Å². The molecule has 3 aromatic rings. The zero-order chi connectivity index (χ0) is 20.9. The van der Waals surface area contributed by atoms with Gasteiger partial charge in [-0.2, -0.15) is 5.10 Å². The summed E-state index contributed by atoms with van der Waals surface area (Å²) in [7, 11) is -3.39. The van der Waals surface area contributed by atoms with Crippen molar-refractivity contribution in [2.45, 2.75) is 6.92 Å². The Morgan fingerprint density at radius 2 is 1.90 bits per heavy atom. The van der Waals surface area contributed by atoms with Crippen molar-refractivity contribution in [1.29, 1.82) is 0 Å². The molecule has 5 rings (SSSR count). The highest BCUT2D eigenvalue weighted by Crippen LogP contribution is 2.29. The largest absolute Gasteiger partial charge is 0.354 e. The van der Waals surface area contributed by atoms with Crippen molar-refractivity contribution >= 4 is 44.3 Å². The Balaban J connectivity index is 1.59. The SMILES string of the molecule is CCS(=O)(=O)n1ccc2cc(C3=NNC(=O)/C3=C3/C=Cc4ccccc4N3)ccc21. The third-order valence-corrected chi connectivity index (χ3v) is 6.90. The van der Waals surface area contributed by atoms with E-state index in [-0.39, 0.29) is 11.7 Å². The van der Waals surface area contributed by atoms with Crippen LogP contribution in [-0.2, 0) is 14.8 Å². The van der Waals surface area contributed by atoms with E-state index in [9.17, 15) is 13.2 Å². The van der Waals surface area contributed by atoms with Crippen molar-refractivity contribution in [3.8, 4) is 0 Å². The number of hydrogen-bond donors (Lipinski definition) is 2. The van der Waals surface area contributed by atoms with Crippen LogP contribution in [0.1, 0.15) is 18.1 Å². The second-order valence-corrected chi connectivity index (χ2v) is 9.16. The zero-order valence-electron chi connectivity index (χ0n) is 16.1. The lowest BCUT2D eigenvalue weighted by atomic mass is 9.97. The summed E-state index contributed by atoms with van der Waals surface area (Å²) in [6.45, 7) is 1.61. The molecule has 0 fully saturated rings. The van der Waals surface area contributed by atoms with Gasteiger partial charge in [0.05, 0.1) is 22.5 Å². The Morgan fingerprint density at radius 1 is 1.07 bits per heavy atom. The molecule has 30 heavy (non-hydrogen) atoms. The van der Waals surface area contributed by atoms with E-state index in [4.69, 9.17) is 0 Å². The van der Waals surface area contributed by atoms with Crippen LogP contribution in [0.15, 0.2) is 77.2 Å². The number of carbonyl (C=O) groups is 1. The number of hydrazone groups is 1. The van der Waals surface area contributed by atoms with Crippen LogP contribution in [0.4, 0.5) is 5.69 Å². The van der Waals surface area contributed by atoms with Gasteiger partial charge in [0, 0.05) is 22.8 Å². The smallest absolute Gasteiger partial charge is 0.275 e. The summed E-state index contributed by atoms with van der Waals surface area (Å²) in [5.41, 5.74) is 7.44. The first-order chi connectivity index (χ1) is 14.5. The molecule has 2 N–H and O–H groups in total. The van der Waals surface area contributed by atoms with Crippen molar-refractivity contribution in [2.24, 2.45) is 5.10 Å². The van der Waals surface area contributed by atoms with Crippen molar-refractivity contribution in [3.05, 3.63) is 83.2 Å². The highest BCUT2D eigenvalue weighted by molar-refractivity contribution is 7.90. The number of anilines is 1. The summed E-state index contributed by atoms with van der Waals surface area (Å²) in [6, 6.07) is 14.9. The van der Waals surface area contributed by atoms with Gasteiger partial charge in [0.2, 0.25) is 10.0 Å². The number of carbonyl (C=O) groups excluding carboxylic acids is 1. The molecule has 0 saturated heterocycles. The minimum Gasteiger partial charge on any atom is -0.354 e. The molecule has 0 spiro atoms. The van der Waals surface area contributed by atoms with Crippen LogP contribution in [0.2, 0.25) is 0 Å². The van der Waals surface area contributed by atoms with Gasteiger partial charge in [0.15, 0.2) is 0 Å². The molecular weight excluding hydrogens is 400 g/mol. The Kier molecular flexibility index (Phi) is 4.11. The molecule has 1 amide bonds. The standard InChI is InChI=1S/C22H18N4O3S/c1-2-30(28,29)26-12-11-15-13-16(8-10-19(15)26)21-20(22(27)25-24-21)18-9-7-14-5-3-4-6-17(14)23-18/h3-13,23H,2H2,1H3,(H,25,27)/b20-18-. The summed E-state index contributed by atoms with van der Waals surface area (Å²) in [4.78, 5) is 12.6. The number of hydrogen-bond acceptors (Lipinski definition) is 5. The minimum atomic E-state index is -3.39. The maximum atomic E-state index is 12.6. The van der Waals surface area contributed by atoms with Crippen LogP contribution in [0.5, 0.6) is 0 Å². The number of aromatic nitrogens is 1. The monoisotopic (exact) mass is 418 g/mol. The number of rotatable bonds is 3. The molecule has 0 atom stereocenters. The summed E-state index contributed by atoms with van der Waals surface area (Å²) in [6.07, 6.45) is 5.37. The number of allylic oxidation sites excluding steroid dienone is 1. The number of nitrogens with one attached hydrogen (secondary N) is 2. The van der Waals surface area contributed by atoms with Gasteiger partial charge in [0.25, 0.3) is 5.91 Å². The molecule has 0 radical (unpaired) electrons. The normalized spacial score (nSPS) is 18.2. The van der Waals surface area contributed by atoms with Crippen LogP contribution >= 0.6 is 0 Å². The van der Waals surface area contributed by atoms with Gasteiger partial charge in [-0.1, -0.05) is 30.3 Å². The van der Waals surface area contributed by atoms with Crippen LogP contribution in [-0.4, -0.2) is 29.8 Å². The number of nitrogens with zero attached hydrogens (tertiary/aromatic N) is 2. The first-order valence-corrected chi connectivity index (χ1v) is 11.1. The fourth-order valence-corrected chi connectivity index (χ4v) is 4.68. The predicted molar refractivity (Wildman–Crippen MR) is 118 cm³/mol. The van der Waals surface area contributed by atoms with Gasteiger partial charge in [-0.3, -0.25) is 4.79 Å². The third kappa shape index (κ3) is 2.84. The molecule has 0 bridgehead atoms. The zero-order valence-corrected chi connectivity index (χ0v) is 16.9. The first-order valence-electron chi connectivity index (χ1n) is 9.49. The Labute approximate surface area is 173 Å². The van der Waals surface area contributed by atoms with E-state index >= 15 is 0 Å². The lowest BCUT2D eigenvalue weighted by molar-refractivity contribution is -0.116. The first kappa shape index (κ1) is 18.4. The number of benzene rings is 2. The van der Waals surface area contributed by atoms with E-state index in [0.717, 1.165) is 22.2 Å². The highest BCUT2D eigenvalue weighted by atomic mass is 32.2. The van der Waals surface area contributed by atoms with Crippen LogP contribution in [0.3, 0.4) is 0 Å². The summed E-state index contributed by atoms with van der Waals surface area (Å²) >= 11 is 0. The molecule has 0 aliphatic carbocycles. The van der Waals surface area contributed by atoms with Gasteiger partial charge in [0.1, 0.15) is 5.71 Å². The van der Waals surface area contributed by atoms with E-state index in [1.807, 2.05) is 42.5 Å². The van der Waals surface area contributed by atoms with E-state index < -0.39 is 10.0 Å². The van der Waals surface area contributed by atoms with E-state index in [2.05, 4.69) is 15.8 Å². The summed E-state index contributed by atoms with van der Waals surface area (Å²) < 4.78 is 25.8. The molecule has 0 unspecified atom stereocenters. The minimum absolute atomic E-state index is 0.0133. The lowest BCUT2D eigenvalue weighted by Gasteiger charge is -2.17. The number of fused-ring (bicyclic) bond motifs is 2. The Hall–Kier alpha value is -3.65. The molecule has 2 aromatic carbocycles. The van der Waals surface area contributed by atoms with E-state index in [1.165, 1.54) is 3.97 Å². The molecule has 3 heterocycles. The topological polar surface area (TPSA) is 92.6 Å². The van der Waals surface area contributed by atoms with E-state index in [1.54, 1.807) is 31.3 Å². The number of para-hydroxylation sites is 1. The van der Waals surface area contributed by atoms with Crippen molar-refractivity contribution in [2.75, 3.05) is 11.1 Å². The van der Waals surface area contributed by atoms with Crippen molar-refractivity contribution in [1.82, 2.24) is 9.40 Å². The lowest BCUT2D eigenvalue weighted by Crippen LogP contribution is -2.19. The van der Waals surface area contributed by atoms with Crippen molar-refractivity contribution < 1.29 is 13.2 Å². The molecule has 7 nitrogen and oxygen atoms in total. The molecule has 2 aliphatic heterocycles. The van der Waals surface area contributed by atoms with Gasteiger partial charge in [-0.05, 0) is 42.8 Å². The van der Waals surface area contributed by atoms with Crippen LogP contribution in [0.25, 0.3) is 17.0 Å². The third-order valence-electron chi connectivity index (χ3n) is 5.25. The van der Waals surface area contributed by atoms with Gasteiger partial charge in [-0.15, -0.1) is 0 Å². The predicted octanol–water partition coefficient (Wildman–Crippen LogP) is 3.07. The number of amides is 1. The molecule has 0 saturated carbocycles. The molecule has 2 aliphatic rings. The fraction of sp³-hybridized carbons (Fsp3) is 0.0909. The van der Waals surface area contributed by atoms with Crippen LogP contribution < -0.4 is 10.7 Å². The Morgan fingerprint density at radius 3 is 2.73 bits per heavy atom. The second kappa shape index (κ2) is 6.70. The van der Waals surface area contributed by atoms with Gasteiger partial charge in [-0.25, -0.2) is 17.8 Å². The highest BCUT2D eigenvalue weighted by Gasteiger charge is 2.28. The quantitative estimate of drug-likeness (QED) is 0.640. The summed E-state index contributed by atoms with van der Waals surface area (Å²) in [5, 5.41) is 8.30. The average Bonchev–Trinajstić information content (AvgIpc) is 3.36. The fourth-order valence-electron chi connectivity index (χ4n) is 3.69. The maximum Gasteiger partial charge on any atom is 0.275 e. The molecule has 150 valence electrons. The molecular formula is C22H18N4O3S.